The van der Waals surface area contributed by atoms with E-state index in [1.807, 2.05) is 26.1 Å². The van der Waals surface area contributed by atoms with Crippen LogP contribution in [0.5, 0.6) is 5.75 Å². The van der Waals surface area contributed by atoms with Gasteiger partial charge in [-0.2, -0.15) is 39.5 Å². The molecule has 14 heteroatoms. The summed E-state index contributed by atoms with van der Waals surface area (Å²) in [6.45, 7) is 5.94. The van der Waals surface area contributed by atoms with E-state index in [1.54, 1.807) is 0 Å². The number of hydrogen-bond donors (Lipinski definition) is 1. The van der Waals surface area contributed by atoms with Crippen molar-refractivity contribution in [3.63, 3.8) is 0 Å². The highest BCUT2D eigenvalue weighted by atomic mass is 19.4. The van der Waals surface area contributed by atoms with Gasteiger partial charge >= 0.3 is 23.9 Å². The molecule has 8 atom stereocenters. The van der Waals surface area contributed by atoms with Gasteiger partial charge in [-0.3, -0.25) is 0 Å². The van der Waals surface area contributed by atoms with Crippen LogP contribution in [0.2, 0.25) is 0 Å². The molecule has 3 aliphatic carbocycles. The molecule has 1 heterocycles. The van der Waals surface area contributed by atoms with E-state index in [2.05, 4.69) is 17.9 Å². The minimum atomic E-state index is -6.84. The van der Waals surface area contributed by atoms with Gasteiger partial charge in [0.2, 0.25) is 0 Å². The summed E-state index contributed by atoms with van der Waals surface area (Å²) < 4.78 is 146. The summed E-state index contributed by atoms with van der Waals surface area (Å²) in [4.78, 5) is 2.05. The van der Waals surface area contributed by atoms with Gasteiger partial charge in [0.15, 0.2) is 6.29 Å². The van der Waals surface area contributed by atoms with Crippen LogP contribution in [-0.4, -0.2) is 78.8 Å². The third-order valence-electron chi connectivity index (χ3n) is 13.4. The fraction of sp³-hybridized carbons (Fsp3) is 0.850. The maximum absolute atomic E-state index is 16.5. The molecule has 1 aromatic carbocycles. The predicted octanol–water partition coefficient (Wildman–Crippen LogP) is 11.3. The van der Waals surface area contributed by atoms with Crippen molar-refractivity contribution >= 4 is 0 Å². The molecule has 3 fully saturated rings. The third-order valence-corrected chi connectivity index (χ3v) is 13.4. The first-order valence-electron chi connectivity index (χ1n) is 19.8. The molecule has 1 saturated heterocycles. The number of fused-ring (bicyclic) bond motifs is 5. The number of rotatable bonds is 17. The molecule has 54 heavy (non-hydrogen) atoms. The summed E-state index contributed by atoms with van der Waals surface area (Å²) in [6.07, 6.45) is -0.445. The summed E-state index contributed by atoms with van der Waals surface area (Å²) in [5.41, 5.74) is 0.766. The average molecular weight is 790 g/mol. The van der Waals surface area contributed by atoms with Gasteiger partial charge in [0.1, 0.15) is 11.9 Å². The van der Waals surface area contributed by atoms with Crippen LogP contribution in [-0.2, 0) is 11.2 Å². The second-order valence-electron chi connectivity index (χ2n) is 17.1. The lowest BCUT2D eigenvalue weighted by molar-refractivity contribution is -0.396. The Hall–Kier alpha value is -1.80. The molecule has 8 unspecified atom stereocenters. The van der Waals surface area contributed by atoms with Gasteiger partial charge in [0.25, 0.3) is 0 Å². The predicted molar refractivity (Wildman–Crippen MR) is 185 cm³/mol. The van der Waals surface area contributed by atoms with Crippen molar-refractivity contribution in [3.05, 3.63) is 29.3 Å². The lowest BCUT2D eigenvalue weighted by atomic mass is 9.50. The Kier molecular flexibility index (Phi) is 13.3. The van der Waals surface area contributed by atoms with Crippen molar-refractivity contribution in [1.82, 2.24) is 4.90 Å². The van der Waals surface area contributed by atoms with Crippen molar-refractivity contribution in [2.24, 2.45) is 23.2 Å². The number of benzene rings is 1. The van der Waals surface area contributed by atoms with E-state index in [4.69, 9.17) is 9.47 Å². The van der Waals surface area contributed by atoms with E-state index >= 15 is 4.39 Å². The minimum absolute atomic E-state index is 0.0129. The van der Waals surface area contributed by atoms with Gasteiger partial charge in [-0.1, -0.05) is 38.7 Å². The molecule has 2 saturated carbocycles. The Morgan fingerprint density at radius 3 is 2.19 bits per heavy atom. The molecular weight excluding hydrogens is 732 g/mol. The van der Waals surface area contributed by atoms with E-state index in [9.17, 15) is 44.6 Å². The Morgan fingerprint density at radius 2 is 1.54 bits per heavy atom. The highest BCUT2D eigenvalue weighted by Crippen LogP contribution is 2.66. The maximum atomic E-state index is 16.5. The number of halogens is 10. The summed E-state index contributed by atoms with van der Waals surface area (Å²) >= 11 is 0. The largest absolute Gasteiger partial charge is 0.465 e. The van der Waals surface area contributed by atoms with E-state index in [-0.39, 0.29) is 36.4 Å². The molecule has 310 valence electrons. The molecule has 1 aromatic rings. The Morgan fingerprint density at radius 1 is 0.870 bits per heavy atom. The number of unbranched alkanes of at least 4 members (excludes halogenated alkanes) is 5. The summed E-state index contributed by atoms with van der Waals surface area (Å²) in [5, 5.41) is 11.4. The quantitative estimate of drug-likeness (QED) is 0.126. The topological polar surface area (TPSA) is 41.9 Å². The fourth-order valence-corrected chi connectivity index (χ4v) is 10.0. The second kappa shape index (κ2) is 16.6. The van der Waals surface area contributed by atoms with Gasteiger partial charge < -0.3 is 19.5 Å². The monoisotopic (exact) mass is 789 g/mol. The van der Waals surface area contributed by atoms with Crippen molar-refractivity contribution in [2.75, 3.05) is 26.7 Å². The van der Waals surface area contributed by atoms with Gasteiger partial charge in [-0.15, -0.1) is 0 Å². The number of ether oxygens (including phenoxy) is 2. The van der Waals surface area contributed by atoms with Crippen molar-refractivity contribution in [1.29, 1.82) is 0 Å². The van der Waals surface area contributed by atoms with Gasteiger partial charge in [0, 0.05) is 24.2 Å². The molecule has 0 amide bonds. The maximum Gasteiger partial charge on any atom is 0.460 e. The van der Waals surface area contributed by atoms with Crippen molar-refractivity contribution < 1.29 is 58.5 Å². The van der Waals surface area contributed by atoms with Crippen molar-refractivity contribution in [2.45, 2.75) is 165 Å². The van der Waals surface area contributed by atoms with E-state index in [0.29, 0.717) is 38.8 Å². The molecule has 1 N–H and O–H groups in total. The van der Waals surface area contributed by atoms with Crippen LogP contribution in [0.3, 0.4) is 0 Å². The van der Waals surface area contributed by atoms with E-state index < -0.39 is 54.0 Å². The highest BCUT2D eigenvalue weighted by molar-refractivity contribution is 5.42. The van der Waals surface area contributed by atoms with Crippen LogP contribution >= 0.6 is 0 Å². The van der Waals surface area contributed by atoms with Crippen LogP contribution in [0.1, 0.15) is 127 Å². The van der Waals surface area contributed by atoms with E-state index in [0.717, 1.165) is 81.2 Å². The molecule has 4 nitrogen and oxygen atoms in total. The third kappa shape index (κ3) is 8.70. The zero-order valence-electron chi connectivity index (χ0n) is 31.6. The number of alkyl halides is 10. The summed E-state index contributed by atoms with van der Waals surface area (Å²) in [6, 6.07) is 6.07. The standard InChI is InChI=1S/C40H57F10NO3/c1-35-25-31(41)34-29-16-15-28(54-32-14-8-12-22-53-32)24-27(29)23-26(33(34)30(35)17-19-36(35,2)52)13-7-6-11-21-51(3)20-10-5-4-9-18-37(42,43)38(44,45)39(46,47)40(48,49)50/h15-16,24,26,30-34,52H,4-14,17-23,25H2,1-3H3. The van der Waals surface area contributed by atoms with Crippen LogP contribution in [0.15, 0.2) is 18.2 Å². The van der Waals surface area contributed by atoms with Crippen LogP contribution in [0.25, 0.3) is 0 Å². The molecule has 0 spiro atoms. The molecule has 0 aromatic heterocycles. The second-order valence-corrected chi connectivity index (χ2v) is 17.1. The molecule has 4 aliphatic rings. The Bertz CT molecular complexity index is 1380. The number of nitrogens with zero attached hydrogens (tertiary/aromatic N) is 1. The minimum Gasteiger partial charge on any atom is -0.465 e. The Balaban J connectivity index is 1.10. The van der Waals surface area contributed by atoms with Crippen LogP contribution < -0.4 is 4.74 Å². The average Bonchev–Trinajstić information content (AvgIpc) is 3.32. The Labute approximate surface area is 312 Å². The van der Waals surface area contributed by atoms with Gasteiger partial charge in [-0.05, 0) is 132 Å². The van der Waals surface area contributed by atoms with Crippen LogP contribution in [0, 0.1) is 23.2 Å². The summed E-state index contributed by atoms with van der Waals surface area (Å²) in [5.74, 6) is -17.8. The smallest absolute Gasteiger partial charge is 0.460 e. The molecule has 5 rings (SSSR count). The normalized spacial score (nSPS) is 32.0. The van der Waals surface area contributed by atoms with Gasteiger partial charge in [0.05, 0.1) is 12.2 Å². The molecular formula is C40H57F10NO3. The van der Waals surface area contributed by atoms with E-state index in [1.165, 1.54) is 0 Å². The van der Waals surface area contributed by atoms with Crippen LogP contribution in [0.4, 0.5) is 43.9 Å². The molecule has 0 radical (unpaired) electrons. The lowest BCUT2D eigenvalue weighted by Crippen LogP contribution is -2.60. The molecule has 0 bridgehead atoms. The summed E-state index contributed by atoms with van der Waals surface area (Å²) in [7, 11) is 1.89. The first-order valence-corrected chi connectivity index (χ1v) is 19.8. The zero-order valence-corrected chi connectivity index (χ0v) is 31.6. The zero-order chi connectivity index (χ0) is 39.7. The number of aliphatic hydroxyl groups is 1. The SMILES string of the molecule is CN(CCCCCCC(F)(F)C(F)(F)C(F)(F)C(F)(F)F)CCCCCC1Cc2cc(OC3CCCCO3)ccc2C2C(F)CC3(C)C(CCC3(C)O)C12. The fourth-order valence-electron chi connectivity index (χ4n) is 10.0. The first-order chi connectivity index (χ1) is 25.1. The number of hydrogen-bond acceptors (Lipinski definition) is 4. The first kappa shape index (κ1) is 43.3. The van der Waals surface area contributed by atoms with Crippen molar-refractivity contribution in [3.8, 4) is 5.75 Å². The lowest BCUT2D eigenvalue weighted by Gasteiger charge is -2.56. The highest BCUT2D eigenvalue weighted by Gasteiger charge is 2.81. The molecule has 1 aliphatic heterocycles. The van der Waals surface area contributed by atoms with Gasteiger partial charge in [-0.25, -0.2) is 4.39 Å².